The normalized spacial score (nSPS) is 11.0. The van der Waals surface area contributed by atoms with Crippen molar-refractivity contribution in [2.75, 3.05) is 0 Å². The van der Waals surface area contributed by atoms with Crippen molar-refractivity contribution in [3.63, 3.8) is 0 Å². The Labute approximate surface area is 138 Å². The van der Waals surface area contributed by atoms with E-state index in [4.69, 9.17) is 11.6 Å². The zero-order chi connectivity index (χ0) is 15.5. The van der Waals surface area contributed by atoms with Crippen molar-refractivity contribution >= 4 is 34.3 Å². The van der Waals surface area contributed by atoms with Crippen LogP contribution in [0.3, 0.4) is 0 Å². The smallest absolute Gasteiger partial charge is 0.191 e. The van der Waals surface area contributed by atoms with Gasteiger partial charge in [-0.05, 0) is 19.1 Å². The number of thioether (sulfide) groups is 1. The quantitative estimate of drug-likeness (QED) is 0.398. The molecule has 0 fully saturated rings. The number of halogens is 1. The Hall–Kier alpha value is -1.85. The zero-order valence-corrected chi connectivity index (χ0v) is 13.7. The Balaban J connectivity index is 1.85. The number of benzene rings is 1. The molecule has 0 radical (unpaired) electrons. The molecule has 0 aliphatic heterocycles. The van der Waals surface area contributed by atoms with Crippen molar-refractivity contribution < 1.29 is 0 Å². The number of allylic oxidation sites excluding steroid dienone is 1. The topological polar surface area (TPSA) is 43.6 Å². The molecule has 0 aliphatic rings. The van der Waals surface area contributed by atoms with Gasteiger partial charge in [-0.25, -0.2) is 4.98 Å². The van der Waals surface area contributed by atoms with E-state index < -0.39 is 0 Å². The number of aromatic nitrogens is 4. The van der Waals surface area contributed by atoms with Crippen LogP contribution in [0.5, 0.6) is 0 Å². The van der Waals surface area contributed by atoms with Crippen molar-refractivity contribution in [3.8, 4) is 0 Å². The number of hydrogen-bond acceptors (Lipinski definition) is 4. The fourth-order valence-corrected chi connectivity index (χ4v) is 3.44. The molecule has 0 bridgehead atoms. The second kappa shape index (κ2) is 6.50. The Kier molecular flexibility index (Phi) is 4.45. The number of fused-ring (bicyclic) bond motifs is 1. The Morgan fingerprint density at radius 2 is 2.14 bits per heavy atom. The van der Waals surface area contributed by atoms with Crippen molar-refractivity contribution in [2.24, 2.45) is 0 Å². The van der Waals surface area contributed by atoms with Crippen LogP contribution in [0.4, 0.5) is 0 Å². The molecular weight excluding hydrogens is 316 g/mol. The van der Waals surface area contributed by atoms with E-state index in [1.54, 1.807) is 11.8 Å². The van der Waals surface area contributed by atoms with E-state index >= 15 is 0 Å². The van der Waals surface area contributed by atoms with Crippen LogP contribution in [0.25, 0.3) is 10.9 Å². The predicted molar refractivity (Wildman–Crippen MR) is 91.3 cm³/mol. The van der Waals surface area contributed by atoms with Crippen LogP contribution in [-0.2, 0) is 12.3 Å². The molecule has 6 heteroatoms. The summed E-state index contributed by atoms with van der Waals surface area (Å²) in [4.78, 5) is 4.44. The van der Waals surface area contributed by atoms with Gasteiger partial charge in [0.05, 0.1) is 5.52 Å². The summed E-state index contributed by atoms with van der Waals surface area (Å²) in [5, 5.41) is 10.8. The molecule has 0 unspecified atom stereocenters. The Bertz CT molecular complexity index is 828. The van der Waals surface area contributed by atoms with Gasteiger partial charge in [0.1, 0.15) is 11.0 Å². The summed E-state index contributed by atoms with van der Waals surface area (Å²) < 4.78 is 2.03. The molecule has 2 heterocycles. The second-order valence-corrected chi connectivity index (χ2v) is 6.15. The lowest BCUT2D eigenvalue weighted by molar-refractivity contribution is 0.703. The molecular formula is C16H15ClN4S. The van der Waals surface area contributed by atoms with Gasteiger partial charge >= 0.3 is 0 Å². The van der Waals surface area contributed by atoms with Gasteiger partial charge in [-0.3, -0.25) is 0 Å². The van der Waals surface area contributed by atoms with Gasteiger partial charge in [0.25, 0.3) is 0 Å². The summed E-state index contributed by atoms with van der Waals surface area (Å²) in [6.45, 7) is 6.40. The SMILES string of the molecule is C=CCn1c(C)nnc1SCc1cc2ccccc2nc1Cl. The minimum Gasteiger partial charge on any atom is -0.302 e. The zero-order valence-electron chi connectivity index (χ0n) is 12.2. The summed E-state index contributed by atoms with van der Waals surface area (Å²) in [6, 6.07) is 10.0. The summed E-state index contributed by atoms with van der Waals surface area (Å²) in [5.41, 5.74) is 1.91. The molecule has 3 rings (SSSR count). The largest absolute Gasteiger partial charge is 0.302 e. The first-order valence-electron chi connectivity index (χ1n) is 6.86. The van der Waals surface area contributed by atoms with Crippen molar-refractivity contribution in [2.45, 2.75) is 24.4 Å². The van der Waals surface area contributed by atoms with Crippen LogP contribution in [0.2, 0.25) is 5.15 Å². The monoisotopic (exact) mass is 330 g/mol. The van der Waals surface area contributed by atoms with Crippen molar-refractivity contribution in [1.29, 1.82) is 0 Å². The minimum absolute atomic E-state index is 0.540. The molecule has 4 nitrogen and oxygen atoms in total. The third kappa shape index (κ3) is 3.00. The van der Waals surface area contributed by atoms with Gasteiger partial charge in [0.15, 0.2) is 5.16 Å². The first-order chi connectivity index (χ1) is 10.7. The molecule has 1 aromatic carbocycles. The van der Waals surface area contributed by atoms with Gasteiger partial charge in [-0.2, -0.15) is 0 Å². The second-order valence-electron chi connectivity index (χ2n) is 4.85. The van der Waals surface area contributed by atoms with Crippen molar-refractivity contribution in [3.05, 3.63) is 59.5 Å². The average molecular weight is 331 g/mol. The molecule has 0 aliphatic carbocycles. The lowest BCUT2D eigenvalue weighted by Gasteiger charge is -2.07. The van der Waals surface area contributed by atoms with E-state index in [0.29, 0.717) is 17.5 Å². The van der Waals surface area contributed by atoms with E-state index in [1.165, 1.54) is 0 Å². The number of para-hydroxylation sites is 1. The van der Waals surface area contributed by atoms with Crippen LogP contribution in [0.15, 0.2) is 48.1 Å². The van der Waals surface area contributed by atoms with Crippen LogP contribution in [0, 0.1) is 6.92 Å². The highest BCUT2D eigenvalue weighted by Crippen LogP contribution is 2.27. The molecule has 2 aromatic heterocycles. The van der Waals surface area contributed by atoms with E-state index in [1.807, 2.05) is 41.8 Å². The fraction of sp³-hybridized carbons (Fsp3) is 0.188. The van der Waals surface area contributed by atoms with Gasteiger partial charge in [-0.15, -0.1) is 16.8 Å². The summed E-state index contributed by atoms with van der Waals surface area (Å²) in [6.07, 6.45) is 1.84. The summed E-state index contributed by atoms with van der Waals surface area (Å²) in [7, 11) is 0. The molecule has 3 aromatic rings. The Morgan fingerprint density at radius 3 is 2.95 bits per heavy atom. The highest BCUT2D eigenvalue weighted by molar-refractivity contribution is 7.98. The molecule has 0 spiro atoms. The predicted octanol–water partition coefficient (Wildman–Crippen LogP) is 4.27. The lowest BCUT2D eigenvalue weighted by Crippen LogP contribution is -2.00. The minimum atomic E-state index is 0.540. The molecule has 0 atom stereocenters. The standard InChI is InChI=1S/C16H15ClN4S/c1-3-8-21-11(2)19-20-16(21)22-10-13-9-12-6-4-5-7-14(12)18-15(13)17/h3-7,9H,1,8,10H2,2H3. The molecule has 0 amide bonds. The van der Waals surface area contributed by atoms with Gasteiger partial charge < -0.3 is 4.57 Å². The highest BCUT2D eigenvalue weighted by atomic mass is 35.5. The maximum absolute atomic E-state index is 6.29. The van der Waals surface area contributed by atoms with Crippen LogP contribution in [-0.4, -0.2) is 19.7 Å². The lowest BCUT2D eigenvalue weighted by atomic mass is 10.2. The van der Waals surface area contributed by atoms with Crippen LogP contribution >= 0.6 is 23.4 Å². The van der Waals surface area contributed by atoms with E-state index in [2.05, 4.69) is 27.8 Å². The number of pyridine rings is 1. The summed E-state index contributed by atoms with van der Waals surface area (Å²) in [5.74, 6) is 1.58. The fourth-order valence-electron chi connectivity index (χ4n) is 2.19. The number of rotatable bonds is 5. The van der Waals surface area contributed by atoms with Gasteiger partial charge in [-0.1, -0.05) is 47.6 Å². The third-order valence-electron chi connectivity index (χ3n) is 3.32. The molecule has 0 saturated carbocycles. The van der Waals surface area contributed by atoms with Crippen LogP contribution in [0.1, 0.15) is 11.4 Å². The molecule has 0 saturated heterocycles. The van der Waals surface area contributed by atoms with Crippen LogP contribution < -0.4 is 0 Å². The first-order valence-corrected chi connectivity index (χ1v) is 8.23. The molecule has 112 valence electrons. The third-order valence-corrected chi connectivity index (χ3v) is 4.66. The maximum atomic E-state index is 6.29. The average Bonchev–Trinajstić information content (AvgIpc) is 2.86. The Morgan fingerprint density at radius 1 is 1.32 bits per heavy atom. The number of nitrogens with zero attached hydrogens (tertiary/aromatic N) is 4. The molecule has 0 N–H and O–H groups in total. The van der Waals surface area contributed by atoms with Gasteiger partial charge in [0, 0.05) is 23.2 Å². The van der Waals surface area contributed by atoms with Gasteiger partial charge in [0.2, 0.25) is 0 Å². The van der Waals surface area contributed by atoms with E-state index in [-0.39, 0.29) is 0 Å². The van der Waals surface area contributed by atoms with E-state index in [0.717, 1.165) is 27.4 Å². The maximum Gasteiger partial charge on any atom is 0.191 e. The van der Waals surface area contributed by atoms with Crippen molar-refractivity contribution in [1.82, 2.24) is 19.7 Å². The summed E-state index contributed by atoms with van der Waals surface area (Å²) >= 11 is 7.89. The first kappa shape index (κ1) is 15.1. The van der Waals surface area contributed by atoms with E-state index in [9.17, 15) is 0 Å². The number of aryl methyl sites for hydroxylation is 1. The highest BCUT2D eigenvalue weighted by Gasteiger charge is 2.11. The molecule has 22 heavy (non-hydrogen) atoms. The number of hydrogen-bond donors (Lipinski definition) is 0.